The van der Waals surface area contributed by atoms with Crippen LogP contribution in [0.25, 0.3) is 217 Å². The zero-order valence-corrected chi connectivity index (χ0v) is 63.3. The lowest BCUT2D eigenvalue weighted by Crippen LogP contribution is -2.14. The molecule has 0 N–H and O–H groups in total. The molecule has 1 aliphatic carbocycles. The number of hydrogen-bond donors (Lipinski definition) is 0. The molecule has 0 atom stereocenters. The molecule has 23 aromatic rings. The van der Waals surface area contributed by atoms with E-state index in [0.717, 1.165) is 83.8 Å². The third-order valence-corrected chi connectivity index (χ3v) is 25.9. The highest BCUT2D eigenvalue weighted by atomic mass is 32.1. The molecule has 17 aromatic carbocycles. The molecule has 0 saturated heterocycles. The van der Waals surface area contributed by atoms with Gasteiger partial charge in [-0.2, -0.15) is 0 Å². The summed E-state index contributed by atoms with van der Waals surface area (Å²) in [6.07, 6.45) is 0. The van der Waals surface area contributed by atoms with Crippen LogP contribution in [0.3, 0.4) is 0 Å². The standard InChI is InChI=1S/C54H33N3S.C51H33N3S/c1-3-15-34(16-4-1)37-31-38(35-17-5-2-6-18-35)33-39(32-37)51-43-21-9-12-24-46(43)55-54(56-51)36-27-29-40(30-28-36)57-47-25-13-10-22-44(47)49-41-19-7-8-20-42(41)50-45-23-11-14-26-48(45)58-53(50)52(49)57;1-51(2)40-19-9-5-13-33(40)34-28-25-31(29-41(34)51)47-37-16-6-10-20-42(37)52-50(53-47)30-23-26-32(27-24-30)54-43-21-11-7-17-38(43)45-35-14-3-4-15-36(35)46-39-18-8-12-22-44(39)55-49(46)48(45)54/h1-33H;3-29H,1-2H3. The van der Waals surface area contributed by atoms with Crippen molar-refractivity contribution in [3.05, 3.63) is 375 Å². The highest BCUT2D eigenvalue weighted by molar-refractivity contribution is 7.27. The molecule has 6 aromatic heterocycles. The molecule has 0 fully saturated rings. The van der Waals surface area contributed by atoms with Gasteiger partial charge in [0.15, 0.2) is 11.6 Å². The maximum atomic E-state index is 5.39. The molecular weight excluding hydrogens is 1410 g/mol. The van der Waals surface area contributed by atoms with Crippen molar-refractivity contribution in [3.8, 4) is 90.0 Å². The van der Waals surface area contributed by atoms with Gasteiger partial charge in [0.1, 0.15) is 0 Å². The molecule has 0 radical (unpaired) electrons. The Labute approximate surface area is 658 Å². The van der Waals surface area contributed by atoms with Crippen LogP contribution in [-0.4, -0.2) is 29.1 Å². The third-order valence-electron chi connectivity index (χ3n) is 23.6. The molecule has 0 aliphatic heterocycles. The van der Waals surface area contributed by atoms with Crippen molar-refractivity contribution in [2.45, 2.75) is 19.3 Å². The maximum Gasteiger partial charge on any atom is 0.160 e. The topological polar surface area (TPSA) is 61.4 Å². The Kier molecular flexibility index (Phi) is 14.7. The van der Waals surface area contributed by atoms with E-state index in [4.69, 9.17) is 19.9 Å². The first-order chi connectivity index (χ1) is 55.8. The smallest absolute Gasteiger partial charge is 0.160 e. The monoisotopic (exact) mass is 1470 g/mol. The van der Waals surface area contributed by atoms with Crippen LogP contribution in [0.15, 0.2) is 364 Å². The fourth-order valence-corrected chi connectivity index (χ4v) is 20.9. The second-order valence-corrected chi connectivity index (χ2v) is 32.3. The van der Waals surface area contributed by atoms with E-state index in [-0.39, 0.29) is 5.41 Å². The van der Waals surface area contributed by atoms with Gasteiger partial charge in [-0.15, -0.1) is 22.7 Å². The highest BCUT2D eigenvalue weighted by Gasteiger charge is 2.36. The average Bonchev–Trinajstić information content (AvgIpc) is 1.55. The summed E-state index contributed by atoms with van der Waals surface area (Å²) >= 11 is 3.78. The SMILES string of the molecule is CC1(C)c2ccccc2-c2ccc(-c3nc(-c4ccc(-n5c6ccccc6c6c7ccccc7c7c8ccccc8sc7c65)cc4)nc4ccccc34)cc21.c1ccc(-c2cc(-c3ccccc3)cc(-c3nc(-c4ccc(-n5c6ccccc6c6c7ccccc7c7c8ccccc8sc7c65)cc4)nc4ccccc34)c2)cc1. The van der Waals surface area contributed by atoms with Crippen molar-refractivity contribution in [1.82, 2.24) is 29.1 Å². The fourth-order valence-electron chi connectivity index (χ4n) is 18.4. The van der Waals surface area contributed by atoms with Crippen LogP contribution in [0.1, 0.15) is 25.0 Å². The van der Waals surface area contributed by atoms with Gasteiger partial charge < -0.3 is 9.13 Å². The van der Waals surface area contributed by atoms with Crippen molar-refractivity contribution in [1.29, 1.82) is 0 Å². The van der Waals surface area contributed by atoms with Gasteiger partial charge in [-0.25, -0.2) is 19.9 Å². The van der Waals surface area contributed by atoms with Crippen molar-refractivity contribution in [2.24, 2.45) is 0 Å². The normalized spacial score (nSPS) is 12.6. The second kappa shape index (κ2) is 25.5. The summed E-state index contributed by atoms with van der Waals surface area (Å²) in [6.45, 7) is 4.66. The van der Waals surface area contributed by atoms with E-state index in [2.05, 4.69) is 387 Å². The molecule has 6 nitrogen and oxygen atoms in total. The minimum Gasteiger partial charge on any atom is -0.308 e. The number of aromatic nitrogens is 6. The molecule has 1 aliphatic rings. The molecule has 113 heavy (non-hydrogen) atoms. The number of nitrogens with zero attached hydrogens (tertiary/aromatic N) is 6. The molecule has 8 heteroatoms. The van der Waals surface area contributed by atoms with Gasteiger partial charge in [-0.3, -0.25) is 0 Å². The molecule has 0 unspecified atom stereocenters. The summed E-state index contributed by atoms with van der Waals surface area (Å²) in [5.74, 6) is 1.43. The fraction of sp³-hybridized carbons (Fsp3) is 0.0286. The van der Waals surface area contributed by atoms with Crippen molar-refractivity contribution in [3.63, 3.8) is 0 Å². The van der Waals surface area contributed by atoms with Crippen LogP contribution in [0.5, 0.6) is 0 Å². The van der Waals surface area contributed by atoms with Gasteiger partial charge in [0, 0.05) is 102 Å². The number of rotatable bonds is 8. The van der Waals surface area contributed by atoms with Crippen LogP contribution < -0.4 is 0 Å². The molecule has 0 saturated carbocycles. The predicted molar refractivity (Wildman–Crippen MR) is 479 cm³/mol. The Balaban J connectivity index is 0.000000135. The largest absolute Gasteiger partial charge is 0.308 e. The first-order valence-corrected chi connectivity index (χ1v) is 40.2. The number of thiophene rings is 2. The summed E-state index contributed by atoms with van der Waals surface area (Å²) in [4.78, 5) is 21.0. The molecule has 0 bridgehead atoms. The van der Waals surface area contributed by atoms with Gasteiger partial charge in [0.2, 0.25) is 0 Å². The first kappa shape index (κ1) is 64.9. The van der Waals surface area contributed by atoms with E-state index >= 15 is 0 Å². The van der Waals surface area contributed by atoms with Crippen molar-refractivity contribution >= 4 is 150 Å². The highest BCUT2D eigenvalue weighted by Crippen LogP contribution is 2.53. The lowest BCUT2D eigenvalue weighted by Gasteiger charge is -2.22. The van der Waals surface area contributed by atoms with Gasteiger partial charge >= 0.3 is 0 Å². The van der Waals surface area contributed by atoms with Crippen molar-refractivity contribution < 1.29 is 0 Å². The zero-order chi connectivity index (χ0) is 74.6. The quantitative estimate of drug-likeness (QED) is 0.152. The lowest BCUT2D eigenvalue weighted by molar-refractivity contribution is 0.660. The van der Waals surface area contributed by atoms with E-state index in [0.29, 0.717) is 5.82 Å². The Bertz CT molecular complexity index is 7820. The van der Waals surface area contributed by atoms with Gasteiger partial charge in [-0.05, 0) is 175 Å². The van der Waals surface area contributed by atoms with E-state index in [1.807, 2.05) is 22.7 Å². The minimum atomic E-state index is -0.0933. The first-order valence-electron chi connectivity index (χ1n) is 38.6. The Morgan fingerprint density at radius 3 is 1.10 bits per heavy atom. The molecule has 0 amide bonds. The molecule has 0 spiro atoms. The Morgan fingerprint density at radius 1 is 0.248 bits per heavy atom. The summed E-state index contributed by atoms with van der Waals surface area (Å²) in [5.41, 5.74) is 24.9. The number of hydrogen-bond acceptors (Lipinski definition) is 6. The third kappa shape index (κ3) is 10.2. The zero-order valence-electron chi connectivity index (χ0n) is 61.6. The summed E-state index contributed by atoms with van der Waals surface area (Å²) in [6, 6.07) is 131. The predicted octanol–water partition coefficient (Wildman–Crippen LogP) is 28.8. The summed E-state index contributed by atoms with van der Waals surface area (Å²) < 4.78 is 10.2. The number of para-hydroxylation sites is 4. The van der Waals surface area contributed by atoms with Crippen molar-refractivity contribution in [2.75, 3.05) is 0 Å². The second-order valence-electron chi connectivity index (χ2n) is 30.2. The summed E-state index contributed by atoms with van der Waals surface area (Å²) in [7, 11) is 0. The van der Waals surface area contributed by atoms with E-state index in [1.165, 1.54) is 139 Å². The average molecular weight is 1480 g/mol. The van der Waals surface area contributed by atoms with Crippen LogP contribution in [0, 0.1) is 0 Å². The number of benzene rings is 17. The summed E-state index contributed by atoms with van der Waals surface area (Å²) in [5, 5.41) is 17.7. The van der Waals surface area contributed by atoms with Gasteiger partial charge in [0.05, 0.1) is 53.9 Å². The number of fused-ring (bicyclic) bond motifs is 25. The Morgan fingerprint density at radius 2 is 0.611 bits per heavy atom. The maximum absolute atomic E-state index is 5.39. The molecule has 528 valence electrons. The lowest BCUT2D eigenvalue weighted by atomic mass is 9.82. The molecule has 24 rings (SSSR count). The van der Waals surface area contributed by atoms with Crippen LogP contribution >= 0.6 is 22.7 Å². The van der Waals surface area contributed by atoms with Crippen LogP contribution in [0.4, 0.5) is 0 Å². The molecular formula is C105H66N6S2. The van der Waals surface area contributed by atoms with E-state index in [9.17, 15) is 0 Å². The van der Waals surface area contributed by atoms with E-state index in [1.54, 1.807) is 0 Å². The van der Waals surface area contributed by atoms with Gasteiger partial charge in [-0.1, -0.05) is 269 Å². The molecule has 6 heterocycles. The van der Waals surface area contributed by atoms with Crippen LogP contribution in [0.2, 0.25) is 0 Å². The van der Waals surface area contributed by atoms with Gasteiger partial charge in [0.25, 0.3) is 0 Å². The minimum absolute atomic E-state index is 0.0933. The Hall–Kier alpha value is -14.0. The van der Waals surface area contributed by atoms with Crippen LogP contribution in [-0.2, 0) is 5.41 Å². The van der Waals surface area contributed by atoms with E-state index < -0.39 is 0 Å².